The molecule has 0 saturated carbocycles. The van der Waals surface area contributed by atoms with Crippen LogP contribution in [0.3, 0.4) is 0 Å². The number of esters is 1. The molecule has 1 aromatic rings. The topological polar surface area (TPSA) is 38.3 Å². The summed E-state index contributed by atoms with van der Waals surface area (Å²) < 4.78 is 6.95. The van der Waals surface area contributed by atoms with Crippen LogP contribution in [0.2, 0.25) is 0 Å². The number of benzene rings is 1. The number of nitrogens with one attached hydrogen (secondary N) is 1. The van der Waals surface area contributed by atoms with Gasteiger partial charge in [0.05, 0.1) is 13.0 Å². The first-order valence-electron chi connectivity index (χ1n) is 5.44. The number of rotatable bonds is 6. The van der Waals surface area contributed by atoms with Gasteiger partial charge < -0.3 is 10.1 Å². The highest BCUT2D eigenvalue weighted by atomic mass is 79.9. The van der Waals surface area contributed by atoms with Crippen molar-refractivity contribution in [3.63, 3.8) is 0 Å². The molecular weight excluding hydrogens is 350 g/mol. The van der Waals surface area contributed by atoms with E-state index in [-0.39, 0.29) is 5.97 Å². The van der Waals surface area contributed by atoms with Gasteiger partial charge in [0.15, 0.2) is 0 Å². The fourth-order valence-corrected chi connectivity index (χ4v) is 2.62. The van der Waals surface area contributed by atoms with Crippen LogP contribution in [0.25, 0.3) is 0 Å². The third-order valence-corrected chi connectivity index (χ3v) is 3.66. The number of carbonyl (C=O) groups excluding carboxylic acids is 1. The predicted molar refractivity (Wildman–Crippen MR) is 74.8 cm³/mol. The molecule has 1 rings (SSSR count). The minimum absolute atomic E-state index is 0.161. The fourth-order valence-electron chi connectivity index (χ4n) is 1.34. The van der Waals surface area contributed by atoms with E-state index in [2.05, 4.69) is 37.2 Å². The molecule has 3 nitrogen and oxygen atoms in total. The van der Waals surface area contributed by atoms with Crippen molar-refractivity contribution in [2.75, 3.05) is 13.2 Å². The van der Waals surface area contributed by atoms with Crippen molar-refractivity contribution < 1.29 is 9.53 Å². The van der Waals surface area contributed by atoms with Gasteiger partial charge in [-0.3, -0.25) is 4.79 Å². The molecule has 0 amide bonds. The molecule has 0 atom stereocenters. The number of carbonyl (C=O) groups is 1. The van der Waals surface area contributed by atoms with Crippen LogP contribution in [0.5, 0.6) is 0 Å². The lowest BCUT2D eigenvalue weighted by atomic mass is 10.2. The standard InChI is InChI=1S/C12H15Br2NO2/c1-2-17-12(16)6-7-15-8-9-10(13)4-3-5-11(9)14/h3-5,15H,2,6-8H2,1H3. The van der Waals surface area contributed by atoms with Gasteiger partial charge in [0, 0.05) is 22.0 Å². The molecule has 1 aromatic carbocycles. The monoisotopic (exact) mass is 363 g/mol. The van der Waals surface area contributed by atoms with Crippen molar-refractivity contribution in [3.8, 4) is 0 Å². The Morgan fingerprint density at radius 1 is 1.35 bits per heavy atom. The highest BCUT2D eigenvalue weighted by Gasteiger charge is 2.05. The first kappa shape index (κ1) is 14.7. The van der Waals surface area contributed by atoms with E-state index < -0.39 is 0 Å². The van der Waals surface area contributed by atoms with Gasteiger partial charge in [-0.05, 0) is 24.6 Å². The van der Waals surface area contributed by atoms with E-state index in [4.69, 9.17) is 4.74 Å². The van der Waals surface area contributed by atoms with Crippen molar-refractivity contribution in [2.45, 2.75) is 19.9 Å². The molecule has 1 N–H and O–H groups in total. The minimum Gasteiger partial charge on any atom is -0.466 e. The lowest BCUT2D eigenvalue weighted by Crippen LogP contribution is -2.19. The van der Waals surface area contributed by atoms with Crippen LogP contribution in [0.4, 0.5) is 0 Å². The van der Waals surface area contributed by atoms with Crippen molar-refractivity contribution in [1.82, 2.24) is 5.32 Å². The van der Waals surface area contributed by atoms with E-state index >= 15 is 0 Å². The molecule has 0 aliphatic carbocycles. The summed E-state index contributed by atoms with van der Waals surface area (Å²) in [6, 6.07) is 5.95. The van der Waals surface area contributed by atoms with Gasteiger partial charge in [0.25, 0.3) is 0 Å². The van der Waals surface area contributed by atoms with Crippen LogP contribution in [0.15, 0.2) is 27.1 Å². The number of hydrogen-bond acceptors (Lipinski definition) is 3. The zero-order chi connectivity index (χ0) is 12.7. The van der Waals surface area contributed by atoms with Gasteiger partial charge in [-0.25, -0.2) is 0 Å². The molecule has 0 heterocycles. The van der Waals surface area contributed by atoms with Gasteiger partial charge in [-0.1, -0.05) is 37.9 Å². The molecule has 17 heavy (non-hydrogen) atoms. The Balaban J connectivity index is 2.34. The van der Waals surface area contributed by atoms with Crippen molar-refractivity contribution >= 4 is 37.8 Å². The molecule has 0 spiro atoms. The molecule has 0 aliphatic heterocycles. The van der Waals surface area contributed by atoms with Gasteiger partial charge in [-0.2, -0.15) is 0 Å². The number of hydrogen-bond donors (Lipinski definition) is 1. The molecule has 0 unspecified atom stereocenters. The molecule has 5 heteroatoms. The Hall–Kier alpha value is -0.390. The molecule has 94 valence electrons. The number of halogens is 2. The van der Waals surface area contributed by atoms with Gasteiger partial charge >= 0.3 is 5.97 Å². The summed E-state index contributed by atoms with van der Waals surface area (Å²) in [6.45, 7) is 3.58. The molecule has 0 saturated heterocycles. The normalized spacial score (nSPS) is 10.3. The third kappa shape index (κ3) is 5.19. The smallest absolute Gasteiger partial charge is 0.307 e. The Bertz CT molecular complexity index is 363. The Kier molecular flexibility index (Phi) is 6.77. The molecule has 0 bridgehead atoms. The van der Waals surface area contributed by atoms with E-state index in [1.807, 2.05) is 25.1 Å². The fraction of sp³-hybridized carbons (Fsp3) is 0.417. The zero-order valence-electron chi connectivity index (χ0n) is 9.63. The SMILES string of the molecule is CCOC(=O)CCNCc1c(Br)cccc1Br. The maximum absolute atomic E-state index is 11.1. The quantitative estimate of drug-likeness (QED) is 0.622. The van der Waals surface area contributed by atoms with Crippen molar-refractivity contribution in [1.29, 1.82) is 0 Å². The summed E-state index contributed by atoms with van der Waals surface area (Å²) in [5.74, 6) is -0.161. The van der Waals surface area contributed by atoms with E-state index in [1.54, 1.807) is 0 Å². The average Bonchev–Trinajstić information content (AvgIpc) is 2.28. The second kappa shape index (κ2) is 7.84. The van der Waals surface area contributed by atoms with Crippen LogP contribution in [-0.2, 0) is 16.1 Å². The first-order chi connectivity index (χ1) is 8.15. The summed E-state index contributed by atoms with van der Waals surface area (Å²) in [5, 5.41) is 3.21. The average molecular weight is 365 g/mol. The summed E-state index contributed by atoms with van der Waals surface area (Å²) >= 11 is 6.98. The van der Waals surface area contributed by atoms with Crippen LogP contribution < -0.4 is 5.32 Å². The highest BCUT2D eigenvalue weighted by molar-refractivity contribution is 9.11. The van der Waals surface area contributed by atoms with Gasteiger partial charge in [0.2, 0.25) is 0 Å². The van der Waals surface area contributed by atoms with Crippen LogP contribution in [0.1, 0.15) is 18.9 Å². The van der Waals surface area contributed by atoms with E-state index in [1.165, 1.54) is 0 Å². The zero-order valence-corrected chi connectivity index (χ0v) is 12.8. The van der Waals surface area contributed by atoms with Crippen LogP contribution in [0, 0.1) is 0 Å². The van der Waals surface area contributed by atoms with Crippen LogP contribution >= 0.6 is 31.9 Å². The van der Waals surface area contributed by atoms with Gasteiger partial charge in [-0.15, -0.1) is 0 Å². The maximum atomic E-state index is 11.1. The molecular formula is C12H15Br2NO2. The number of ether oxygens (including phenoxy) is 1. The second-order valence-corrected chi connectivity index (χ2v) is 5.14. The first-order valence-corrected chi connectivity index (χ1v) is 7.03. The summed E-state index contributed by atoms with van der Waals surface area (Å²) in [5.41, 5.74) is 1.15. The molecule has 0 fully saturated rings. The summed E-state index contributed by atoms with van der Waals surface area (Å²) in [6.07, 6.45) is 0.399. The van der Waals surface area contributed by atoms with E-state index in [0.717, 1.165) is 14.5 Å². The van der Waals surface area contributed by atoms with Crippen molar-refractivity contribution in [3.05, 3.63) is 32.7 Å². The summed E-state index contributed by atoms with van der Waals surface area (Å²) in [7, 11) is 0. The lowest BCUT2D eigenvalue weighted by Gasteiger charge is -2.08. The molecule has 0 aliphatic rings. The lowest BCUT2D eigenvalue weighted by molar-refractivity contribution is -0.142. The Morgan fingerprint density at radius 2 is 2.00 bits per heavy atom. The Morgan fingerprint density at radius 3 is 2.59 bits per heavy atom. The largest absolute Gasteiger partial charge is 0.466 e. The van der Waals surface area contributed by atoms with Gasteiger partial charge in [0.1, 0.15) is 0 Å². The molecule has 0 aromatic heterocycles. The highest BCUT2D eigenvalue weighted by Crippen LogP contribution is 2.24. The predicted octanol–water partition coefficient (Wildman–Crippen LogP) is 3.25. The minimum atomic E-state index is -0.161. The Labute approximate surface area is 118 Å². The van der Waals surface area contributed by atoms with E-state index in [9.17, 15) is 4.79 Å². The van der Waals surface area contributed by atoms with Crippen molar-refractivity contribution in [2.24, 2.45) is 0 Å². The van der Waals surface area contributed by atoms with E-state index in [0.29, 0.717) is 26.1 Å². The summed E-state index contributed by atoms with van der Waals surface area (Å²) in [4.78, 5) is 11.1. The third-order valence-electron chi connectivity index (χ3n) is 2.17. The molecule has 0 radical (unpaired) electrons. The van der Waals surface area contributed by atoms with Crippen LogP contribution in [-0.4, -0.2) is 19.1 Å². The second-order valence-electron chi connectivity index (χ2n) is 3.43. The maximum Gasteiger partial charge on any atom is 0.307 e.